The van der Waals surface area contributed by atoms with E-state index in [0.717, 1.165) is 17.0 Å². The first-order chi connectivity index (χ1) is 11.4. The Morgan fingerprint density at radius 2 is 2.00 bits per heavy atom. The summed E-state index contributed by atoms with van der Waals surface area (Å²) in [5.41, 5.74) is 2.16. The highest BCUT2D eigenvalue weighted by Crippen LogP contribution is 2.33. The van der Waals surface area contributed by atoms with E-state index in [1.807, 2.05) is 26.0 Å². The van der Waals surface area contributed by atoms with Gasteiger partial charge in [-0.15, -0.1) is 0 Å². The first-order valence-corrected chi connectivity index (χ1v) is 7.98. The van der Waals surface area contributed by atoms with Crippen LogP contribution in [0.5, 0.6) is 5.75 Å². The first-order valence-electron chi connectivity index (χ1n) is 7.98. The molecule has 0 saturated heterocycles. The van der Waals surface area contributed by atoms with Crippen LogP contribution in [0.25, 0.3) is 0 Å². The molecule has 0 aromatic heterocycles. The van der Waals surface area contributed by atoms with E-state index < -0.39 is 0 Å². The standard InChI is InChI=1S/C19H21FN2O2/c1-19(2)12-22-16-9-14(5-8-18(16)24-19)17(23)11-21-10-13-3-6-15(20)7-4-13/h3-9,21-22H,10-12H2,1-2H3. The number of ketones is 1. The van der Waals surface area contributed by atoms with Crippen molar-refractivity contribution in [2.75, 3.05) is 18.4 Å². The van der Waals surface area contributed by atoms with Crippen LogP contribution in [0.2, 0.25) is 0 Å². The maximum Gasteiger partial charge on any atom is 0.176 e. The van der Waals surface area contributed by atoms with Gasteiger partial charge in [-0.1, -0.05) is 12.1 Å². The molecule has 0 spiro atoms. The average Bonchev–Trinajstić information content (AvgIpc) is 2.55. The number of hydrogen-bond acceptors (Lipinski definition) is 4. The molecule has 2 aromatic carbocycles. The van der Waals surface area contributed by atoms with Crippen molar-refractivity contribution in [3.63, 3.8) is 0 Å². The molecule has 4 nitrogen and oxygen atoms in total. The van der Waals surface area contributed by atoms with Crippen LogP contribution in [0.4, 0.5) is 10.1 Å². The van der Waals surface area contributed by atoms with Crippen LogP contribution in [0, 0.1) is 5.82 Å². The summed E-state index contributed by atoms with van der Waals surface area (Å²) in [5.74, 6) is 0.510. The van der Waals surface area contributed by atoms with E-state index in [4.69, 9.17) is 4.74 Å². The van der Waals surface area contributed by atoms with Gasteiger partial charge in [0.25, 0.3) is 0 Å². The van der Waals surface area contributed by atoms with Gasteiger partial charge >= 0.3 is 0 Å². The minimum absolute atomic E-state index is 0.00606. The van der Waals surface area contributed by atoms with E-state index in [1.165, 1.54) is 12.1 Å². The molecular formula is C19H21FN2O2. The third-order valence-corrected chi connectivity index (χ3v) is 3.92. The van der Waals surface area contributed by atoms with Gasteiger partial charge in [0.1, 0.15) is 17.2 Å². The molecule has 1 aliphatic rings. The van der Waals surface area contributed by atoms with Crippen LogP contribution >= 0.6 is 0 Å². The third kappa shape index (κ3) is 3.92. The second-order valence-electron chi connectivity index (χ2n) is 6.58. The van der Waals surface area contributed by atoms with E-state index in [2.05, 4.69) is 10.6 Å². The highest BCUT2D eigenvalue weighted by Gasteiger charge is 2.26. The van der Waals surface area contributed by atoms with E-state index in [9.17, 15) is 9.18 Å². The molecule has 0 aliphatic carbocycles. The van der Waals surface area contributed by atoms with Crippen molar-refractivity contribution in [2.24, 2.45) is 0 Å². The van der Waals surface area contributed by atoms with E-state index in [0.29, 0.717) is 18.7 Å². The summed E-state index contributed by atoms with van der Waals surface area (Å²) in [6.07, 6.45) is 0. The van der Waals surface area contributed by atoms with Crippen molar-refractivity contribution in [3.05, 3.63) is 59.4 Å². The van der Waals surface area contributed by atoms with Gasteiger partial charge in [-0.05, 0) is 49.7 Å². The molecule has 0 bridgehead atoms. The lowest BCUT2D eigenvalue weighted by Gasteiger charge is -2.33. The zero-order valence-electron chi connectivity index (χ0n) is 13.9. The molecule has 5 heteroatoms. The first kappa shape index (κ1) is 16.5. The number of nitrogens with one attached hydrogen (secondary N) is 2. The Hall–Kier alpha value is -2.40. The molecule has 0 atom stereocenters. The number of hydrogen-bond donors (Lipinski definition) is 2. The van der Waals surface area contributed by atoms with Crippen molar-refractivity contribution in [1.29, 1.82) is 0 Å². The predicted molar refractivity (Wildman–Crippen MR) is 92.1 cm³/mol. The molecule has 24 heavy (non-hydrogen) atoms. The topological polar surface area (TPSA) is 50.4 Å². The number of benzene rings is 2. The summed E-state index contributed by atoms with van der Waals surface area (Å²) in [6, 6.07) is 11.7. The van der Waals surface area contributed by atoms with Crippen molar-refractivity contribution in [1.82, 2.24) is 5.32 Å². The van der Waals surface area contributed by atoms with Crippen molar-refractivity contribution >= 4 is 11.5 Å². The fraction of sp³-hybridized carbons (Fsp3) is 0.316. The van der Waals surface area contributed by atoms with Crippen molar-refractivity contribution in [2.45, 2.75) is 26.0 Å². The van der Waals surface area contributed by atoms with Gasteiger partial charge in [-0.2, -0.15) is 0 Å². The Kier molecular flexibility index (Phi) is 4.53. The maximum absolute atomic E-state index is 12.9. The van der Waals surface area contributed by atoms with Gasteiger partial charge in [0.05, 0.1) is 18.8 Å². The number of fused-ring (bicyclic) bond motifs is 1. The van der Waals surface area contributed by atoms with Crippen LogP contribution in [0.15, 0.2) is 42.5 Å². The number of carbonyl (C=O) groups excluding carboxylic acids is 1. The van der Waals surface area contributed by atoms with Gasteiger partial charge in [-0.25, -0.2) is 4.39 Å². The number of Topliss-reactive ketones (excluding diaryl/α,β-unsaturated/α-hetero) is 1. The molecule has 0 saturated carbocycles. The minimum atomic E-state index is -0.262. The third-order valence-electron chi connectivity index (χ3n) is 3.92. The Bertz CT molecular complexity index is 742. The molecular weight excluding hydrogens is 307 g/mol. The second kappa shape index (κ2) is 6.61. The molecule has 1 heterocycles. The number of anilines is 1. The Morgan fingerprint density at radius 1 is 1.25 bits per heavy atom. The molecule has 0 fully saturated rings. The zero-order chi connectivity index (χ0) is 17.2. The van der Waals surface area contributed by atoms with Gasteiger partial charge in [0, 0.05) is 12.1 Å². The van der Waals surface area contributed by atoms with Crippen LogP contribution in [0.1, 0.15) is 29.8 Å². The van der Waals surface area contributed by atoms with Gasteiger partial charge in [0.2, 0.25) is 0 Å². The summed E-state index contributed by atoms with van der Waals surface area (Å²) in [5, 5.41) is 6.39. The summed E-state index contributed by atoms with van der Waals surface area (Å²) in [7, 11) is 0. The van der Waals surface area contributed by atoms with Gasteiger partial charge in [0.15, 0.2) is 5.78 Å². The zero-order valence-corrected chi connectivity index (χ0v) is 13.9. The number of carbonyl (C=O) groups is 1. The van der Waals surface area contributed by atoms with E-state index in [1.54, 1.807) is 18.2 Å². The summed E-state index contributed by atoms with van der Waals surface area (Å²) < 4.78 is 18.7. The van der Waals surface area contributed by atoms with E-state index in [-0.39, 0.29) is 23.7 Å². The predicted octanol–water partition coefficient (Wildman–Crippen LogP) is 3.38. The van der Waals surface area contributed by atoms with Crippen LogP contribution < -0.4 is 15.4 Å². The summed E-state index contributed by atoms with van der Waals surface area (Å²) in [4.78, 5) is 12.3. The SMILES string of the molecule is CC1(C)CNc2cc(C(=O)CNCc3ccc(F)cc3)ccc2O1. The lowest BCUT2D eigenvalue weighted by atomic mass is 10.0. The van der Waals surface area contributed by atoms with Crippen LogP contribution in [-0.2, 0) is 6.54 Å². The molecule has 1 aliphatic heterocycles. The molecule has 0 unspecified atom stereocenters. The normalized spacial score (nSPS) is 15.1. The fourth-order valence-electron chi connectivity index (χ4n) is 2.60. The highest BCUT2D eigenvalue weighted by molar-refractivity contribution is 5.98. The molecule has 126 valence electrons. The summed E-state index contributed by atoms with van der Waals surface area (Å²) >= 11 is 0. The molecule has 0 radical (unpaired) electrons. The smallest absolute Gasteiger partial charge is 0.176 e. The number of rotatable bonds is 5. The van der Waals surface area contributed by atoms with Crippen LogP contribution in [-0.4, -0.2) is 24.5 Å². The molecule has 2 aromatic rings. The molecule has 2 N–H and O–H groups in total. The molecule has 0 amide bonds. The lowest BCUT2D eigenvalue weighted by Crippen LogP contribution is -2.40. The lowest BCUT2D eigenvalue weighted by molar-refractivity contribution is 0.0990. The summed E-state index contributed by atoms with van der Waals surface area (Å²) in [6.45, 7) is 5.47. The van der Waals surface area contributed by atoms with Crippen molar-refractivity contribution < 1.29 is 13.9 Å². The highest BCUT2D eigenvalue weighted by atomic mass is 19.1. The molecule has 3 rings (SSSR count). The quantitative estimate of drug-likeness (QED) is 0.826. The minimum Gasteiger partial charge on any atom is -0.484 e. The van der Waals surface area contributed by atoms with Crippen LogP contribution in [0.3, 0.4) is 0 Å². The Balaban J connectivity index is 1.58. The Labute approximate surface area is 141 Å². The maximum atomic E-state index is 12.9. The average molecular weight is 328 g/mol. The number of halogens is 1. The van der Waals surface area contributed by atoms with Gasteiger partial charge in [-0.3, -0.25) is 4.79 Å². The van der Waals surface area contributed by atoms with Crippen molar-refractivity contribution in [3.8, 4) is 5.75 Å². The second-order valence-corrected chi connectivity index (χ2v) is 6.58. The Morgan fingerprint density at radius 3 is 2.75 bits per heavy atom. The number of ether oxygens (including phenoxy) is 1. The van der Waals surface area contributed by atoms with Gasteiger partial charge < -0.3 is 15.4 Å². The monoisotopic (exact) mass is 328 g/mol. The fourth-order valence-corrected chi connectivity index (χ4v) is 2.60. The van der Waals surface area contributed by atoms with E-state index >= 15 is 0 Å². The largest absolute Gasteiger partial charge is 0.484 e.